The van der Waals surface area contributed by atoms with Gasteiger partial charge < -0.3 is 4.90 Å². The Morgan fingerprint density at radius 3 is 2.68 bits per heavy atom. The molecule has 1 amide bonds. The smallest absolute Gasteiger partial charge is 0.253 e. The summed E-state index contributed by atoms with van der Waals surface area (Å²) in [7, 11) is -1.48. The Balaban J connectivity index is 2.14. The van der Waals surface area contributed by atoms with Crippen molar-refractivity contribution in [2.24, 2.45) is 0 Å². The van der Waals surface area contributed by atoms with Crippen LogP contribution in [0.5, 0.6) is 0 Å². The number of rotatable bonds is 6. The highest BCUT2D eigenvalue weighted by Crippen LogP contribution is 2.10. The molecule has 1 aromatic rings. The normalized spacial score (nSPS) is 14.9. The lowest BCUT2D eigenvalue weighted by Gasteiger charge is -2.31. The molecule has 1 aliphatic heterocycles. The number of fused-ring (bicyclic) bond motifs is 1. The minimum atomic E-state index is -3.37. The van der Waals surface area contributed by atoms with Gasteiger partial charge in [0.2, 0.25) is 15.9 Å². The second-order valence-electron chi connectivity index (χ2n) is 6.57. The summed E-state index contributed by atoms with van der Waals surface area (Å²) < 4.78 is 26.2. The lowest BCUT2D eigenvalue weighted by atomic mass is 10.2. The van der Waals surface area contributed by atoms with Crippen molar-refractivity contribution in [1.29, 1.82) is 0 Å². The van der Waals surface area contributed by atoms with E-state index < -0.39 is 10.0 Å². The summed E-state index contributed by atoms with van der Waals surface area (Å²) in [5, 5.41) is 0. The summed E-state index contributed by atoms with van der Waals surface area (Å²) in [5.41, 5.74) is 0.108. The van der Waals surface area contributed by atoms with Crippen LogP contribution in [0, 0.1) is 0 Å². The van der Waals surface area contributed by atoms with Gasteiger partial charge in [0.25, 0.3) is 5.56 Å². The minimum Gasteiger partial charge on any atom is -0.332 e. The largest absolute Gasteiger partial charge is 0.332 e. The Morgan fingerprint density at radius 2 is 2.08 bits per heavy atom. The molecule has 0 aromatic carbocycles. The number of hydrogen-bond donors (Lipinski definition) is 1. The molecule has 2 rings (SSSR count). The molecule has 0 saturated carbocycles. The molecule has 0 fully saturated rings. The average molecular weight is 371 g/mol. The molecule has 1 aliphatic rings. The van der Waals surface area contributed by atoms with Crippen molar-refractivity contribution in [1.82, 2.24) is 24.1 Å². The Morgan fingerprint density at radius 1 is 1.40 bits per heavy atom. The van der Waals surface area contributed by atoms with Crippen LogP contribution in [0.4, 0.5) is 0 Å². The first-order valence-corrected chi connectivity index (χ1v) is 9.98. The maximum absolute atomic E-state index is 12.4. The van der Waals surface area contributed by atoms with Gasteiger partial charge in [-0.15, -0.1) is 0 Å². The number of likely N-dealkylation sites (N-methyl/N-ethyl adjacent to an activating group) is 1. The number of carbonyl (C=O) groups excluding carboxylic acids is 1. The number of hydrogen-bond acceptors (Lipinski definition) is 6. The second-order valence-corrected chi connectivity index (χ2v) is 8.40. The number of aromatic nitrogens is 2. The Bertz CT molecular complexity index is 803. The Labute approximate surface area is 147 Å². The van der Waals surface area contributed by atoms with E-state index in [0.29, 0.717) is 31.2 Å². The van der Waals surface area contributed by atoms with Crippen molar-refractivity contribution >= 4 is 15.9 Å². The second kappa shape index (κ2) is 7.63. The molecule has 0 bridgehead atoms. The van der Waals surface area contributed by atoms with E-state index in [2.05, 4.69) is 9.71 Å². The van der Waals surface area contributed by atoms with E-state index in [9.17, 15) is 18.0 Å². The van der Waals surface area contributed by atoms with Gasteiger partial charge in [0, 0.05) is 25.2 Å². The molecule has 1 aromatic heterocycles. The molecule has 0 aliphatic carbocycles. The highest BCUT2D eigenvalue weighted by molar-refractivity contribution is 7.88. The molecular formula is C15H25N5O4S. The lowest BCUT2D eigenvalue weighted by molar-refractivity contribution is -0.134. The fraction of sp³-hybridized carbons (Fsp3) is 0.667. The zero-order chi connectivity index (χ0) is 18.8. The molecule has 0 spiro atoms. The van der Waals surface area contributed by atoms with E-state index >= 15 is 0 Å². The molecule has 0 saturated heterocycles. The monoisotopic (exact) mass is 371 g/mol. The molecule has 0 unspecified atom stereocenters. The number of nitrogens with one attached hydrogen (secondary N) is 1. The molecule has 0 atom stereocenters. The Hall–Kier alpha value is -1.78. The van der Waals surface area contributed by atoms with Crippen LogP contribution in [0.15, 0.2) is 10.9 Å². The summed E-state index contributed by atoms with van der Waals surface area (Å²) in [6, 6.07) is 1.58. The topological polar surface area (TPSA) is 105 Å². The first-order valence-electron chi connectivity index (χ1n) is 8.09. The van der Waals surface area contributed by atoms with Crippen molar-refractivity contribution in [3.63, 3.8) is 0 Å². The lowest BCUT2D eigenvalue weighted by Crippen LogP contribution is -2.47. The predicted octanol–water partition coefficient (Wildman–Crippen LogP) is -1.03. The first-order chi connectivity index (χ1) is 11.6. The molecule has 0 radical (unpaired) electrons. The quantitative estimate of drug-likeness (QED) is 0.686. The molecular weight excluding hydrogens is 346 g/mol. The maximum Gasteiger partial charge on any atom is 0.253 e. The summed E-state index contributed by atoms with van der Waals surface area (Å²) in [5.74, 6) is 0.459. The number of carbonyl (C=O) groups is 1. The minimum absolute atomic E-state index is 0.0173. The SMILES string of the molecule is CC(C)N(C)CC(=O)N1CCn2c(nc(CNS(C)(=O)=O)cc2=O)C1. The van der Waals surface area contributed by atoms with Crippen molar-refractivity contribution in [3.05, 3.63) is 27.9 Å². The van der Waals surface area contributed by atoms with E-state index in [4.69, 9.17) is 0 Å². The van der Waals surface area contributed by atoms with Gasteiger partial charge in [-0.25, -0.2) is 18.1 Å². The zero-order valence-electron chi connectivity index (χ0n) is 15.0. The first kappa shape index (κ1) is 19.5. The van der Waals surface area contributed by atoms with Crippen LogP contribution >= 0.6 is 0 Å². The summed E-state index contributed by atoms with van der Waals surface area (Å²) in [4.78, 5) is 32.6. The van der Waals surface area contributed by atoms with Gasteiger partial charge in [-0.05, 0) is 20.9 Å². The molecule has 10 heteroatoms. The van der Waals surface area contributed by atoms with Gasteiger partial charge in [0.1, 0.15) is 5.82 Å². The van der Waals surface area contributed by atoms with Crippen LogP contribution in [0.3, 0.4) is 0 Å². The molecule has 2 heterocycles. The van der Waals surface area contributed by atoms with Gasteiger partial charge in [0.05, 0.1) is 31.6 Å². The third-order valence-electron chi connectivity index (χ3n) is 4.20. The van der Waals surface area contributed by atoms with Crippen LogP contribution in [-0.4, -0.2) is 66.1 Å². The van der Waals surface area contributed by atoms with Crippen molar-refractivity contribution in [2.45, 2.75) is 39.5 Å². The number of sulfonamides is 1. The predicted molar refractivity (Wildman–Crippen MR) is 93.4 cm³/mol. The third kappa shape index (κ3) is 5.35. The van der Waals surface area contributed by atoms with Gasteiger partial charge in [-0.1, -0.05) is 0 Å². The molecule has 25 heavy (non-hydrogen) atoms. The zero-order valence-corrected chi connectivity index (χ0v) is 15.8. The number of amides is 1. The molecule has 1 N–H and O–H groups in total. The van der Waals surface area contributed by atoms with Crippen LogP contribution in [0.2, 0.25) is 0 Å². The standard InChI is InChI=1S/C15H25N5O4S/c1-11(2)18(3)10-15(22)19-5-6-20-13(9-19)17-12(7-14(20)21)8-16-25(4,23)24/h7,11,16H,5-6,8-10H2,1-4H3. The highest BCUT2D eigenvalue weighted by atomic mass is 32.2. The van der Waals surface area contributed by atoms with E-state index in [1.54, 1.807) is 4.90 Å². The summed E-state index contributed by atoms with van der Waals surface area (Å²) >= 11 is 0. The van der Waals surface area contributed by atoms with Crippen molar-refractivity contribution < 1.29 is 13.2 Å². The highest BCUT2D eigenvalue weighted by Gasteiger charge is 2.24. The summed E-state index contributed by atoms with van der Waals surface area (Å²) in [6.45, 7) is 5.37. The van der Waals surface area contributed by atoms with Crippen LogP contribution in [0.25, 0.3) is 0 Å². The molecule has 140 valence electrons. The fourth-order valence-electron chi connectivity index (χ4n) is 2.44. The van der Waals surface area contributed by atoms with Crippen LogP contribution in [-0.2, 0) is 34.5 Å². The van der Waals surface area contributed by atoms with E-state index in [-0.39, 0.29) is 30.6 Å². The van der Waals surface area contributed by atoms with E-state index in [0.717, 1.165) is 6.26 Å². The van der Waals surface area contributed by atoms with Gasteiger partial charge >= 0.3 is 0 Å². The van der Waals surface area contributed by atoms with Crippen LogP contribution < -0.4 is 10.3 Å². The van der Waals surface area contributed by atoms with E-state index in [1.807, 2.05) is 25.8 Å². The van der Waals surface area contributed by atoms with Crippen molar-refractivity contribution in [2.75, 3.05) is 26.4 Å². The number of nitrogens with zero attached hydrogens (tertiary/aromatic N) is 4. The molecule has 9 nitrogen and oxygen atoms in total. The van der Waals surface area contributed by atoms with Gasteiger partial charge in [-0.3, -0.25) is 19.1 Å². The average Bonchev–Trinajstić information content (AvgIpc) is 2.51. The summed E-state index contributed by atoms with van der Waals surface area (Å²) in [6.07, 6.45) is 1.05. The van der Waals surface area contributed by atoms with E-state index in [1.165, 1.54) is 10.6 Å². The van der Waals surface area contributed by atoms with Gasteiger partial charge in [0.15, 0.2) is 0 Å². The Kier molecular flexibility index (Phi) is 5.96. The fourth-order valence-corrected chi connectivity index (χ4v) is 2.85. The van der Waals surface area contributed by atoms with Crippen LogP contribution in [0.1, 0.15) is 25.4 Å². The van der Waals surface area contributed by atoms with Gasteiger partial charge in [-0.2, -0.15) is 0 Å². The maximum atomic E-state index is 12.4. The van der Waals surface area contributed by atoms with Crippen molar-refractivity contribution in [3.8, 4) is 0 Å². The third-order valence-corrected chi connectivity index (χ3v) is 4.87.